The van der Waals surface area contributed by atoms with Gasteiger partial charge in [-0.2, -0.15) is 15.1 Å². The molecule has 2 aromatic carbocycles. The fourth-order valence-electron chi connectivity index (χ4n) is 2.55. The summed E-state index contributed by atoms with van der Waals surface area (Å²) in [7, 11) is -3.91. The number of nitrogens with zero attached hydrogens (tertiary/aromatic N) is 5. The van der Waals surface area contributed by atoms with Gasteiger partial charge >= 0.3 is 0 Å². The summed E-state index contributed by atoms with van der Waals surface area (Å²) >= 11 is 0. The van der Waals surface area contributed by atoms with Gasteiger partial charge in [-0.15, -0.1) is 5.11 Å². The van der Waals surface area contributed by atoms with Crippen molar-refractivity contribution >= 4 is 33.9 Å². The topological polar surface area (TPSA) is 136 Å². The number of hydrogen-bond acceptors (Lipinski definition) is 9. The van der Waals surface area contributed by atoms with Crippen LogP contribution in [0, 0.1) is 20.8 Å². The molecule has 1 aromatic heterocycles. The third-order valence-corrected chi connectivity index (χ3v) is 4.75. The molecule has 0 unspecified atom stereocenters. The lowest BCUT2D eigenvalue weighted by molar-refractivity contribution is 0.375. The lowest BCUT2D eigenvalue weighted by Gasteiger charge is -2.22. The van der Waals surface area contributed by atoms with Crippen LogP contribution in [-0.4, -0.2) is 28.6 Å². The van der Waals surface area contributed by atoms with E-state index >= 15 is 0 Å². The lowest BCUT2D eigenvalue weighted by Crippen LogP contribution is -2.04. The summed E-state index contributed by atoms with van der Waals surface area (Å²) in [5.74, 6) is 1.43. The minimum atomic E-state index is -3.91. The summed E-state index contributed by atoms with van der Waals surface area (Å²) in [6.07, 6.45) is 0. The fourth-order valence-corrected chi connectivity index (χ4v) is 3.31. The van der Waals surface area contributed by atoms with E-state index in [0.29, 0.717) is 34.5 Å². The monoisotopic (exact) mass is 400 g/mol. The quantitative estimate of drug-likeness (QED) is 0.413. The minimum absolute atomic E-state index is 0.0249. The van der Waals surface area contributed by atoms with Crippen LogP contribution >= 0.6 is 10.9 Å². The van der Waals surface area contributed by atoms with E-state index in [1.807, 2.05) is 18.2 Å². The number of azo groups is 1. The van der Waals surface area contributed by atoms with Crippen LogP contribution in [0.2, 0.25) is 0 Å². The number of hydrogen-bond donors (Lipinski definition) is 4. The zero-order chi connectivity index (χ0) is 20.3. The highest BCUT2D eigenvalue weighted by atomic mass is 32.3. The Labute approximate surface area is 163 Å². The smallest absolute Gasteiger partial charge is 0.230 e. The molecule has 0 aliphatic carbocycles. The van der Waals surface area contributed by atoms with E-state index in [9.17, 15) is 13.7 Å². The van der Waals surface area contributed by atoms with E-state index in [4.69, 9.17) is 0 Å². The lowest BCUT2D eigenvalue weighted by atomic mass is 10.2. The molecular weight excluding hydrogens is 380 g/mol. The van der Waals surface area contributed by atoms with Gasteiger partial charge in [0.2, 0.25) is 5.95 Å². The Kier molecular flexibility index (Phi) is 5.66. The van der Waals surface area contributed by atoms with Crippen molar-refractivity contribution in [1.29, 1.82) is 0 Å². The van der Waals surface area contributed by atoms with E-state index in [2.05, 4.69) is 30.5 Å². The number of rotatable bonds is 5. The highest BCUT2D eigenvalue weighted by Gasteiger charge is 2.21. The van der Waals surface area contributed by atoms with Crippen LogP contribution in [0.25, 0.3) is 0 Å². The first-order valence-corrected chi connectivity index (χ1v) is 9.81. The van der Waals surface area contributed by atoms with Gasteiger partial charge in [0.05, 0.1) is 16.3 Å². The number of anilines is 2. The Morgan fingerprint density at radius 1 is 0.857 bits per heavy atom. The summed E-state index contributed by atoms with van der Waals surface area (Å²) in [5, 5.41) is 11.4. The van der Waals surface area contributed by atoms with Gasteiger partial charge in [-0.25, -0.2) is 4.98 Å². The molecule has 28 heavy (non-hydrogen) atoms. The molecule has 0 radical (unpaired) electrons. The van der Waals surface area contributed by atoms with Crippen molar-refractivity contribution in [1.82, 2.24) is 15.0 Å². The van der Waals surface area contributed by atoms with Crippen molar-refractivity contribution in [3.8, 4) is 0 Å². The Morgan fingerprint density at radius 3 is 2.11 bits per heavy atom. The maximum Gasteiger partial charge on any atom is 0.230 e. The van der Waals surface area contributed by atoms with Gasteiger partial charge in [-0.1, -0.05) is 18.2 Å². The summed E-state index contributed by atoms with van der Waals surface area (Å²) in [4.78, 5) is 12.6. The third-order valence-electron chi connectivity index (χ3n) is 3.72. The van der Waals surface area contributed by atoms with Crippen LogP contribution in [0.3, 0.4) is 0 Å². The Hall–Kier alpha value is -2.92. The molecule has 3 rings (SSSR count). The predicted octanol–water partition coefficient (Wildman–Crippen LogP) is 5.54. The SMILES string of the molecule is Cc1nc(C)nc(Nc2cc(C)c(S(O)(O)O)cc2N=Nc2ccccc2)n1. The predicted molar refractivity (Wildman–Crippen MR) is 108 cm³/mol. The van der Waals surface area contributed by atoms with Crippen LogP contribution in [0.4, 0.5) is 23.0 Å². The van der Waals surface area contributed by atoms with E-state index in [1.165, 1.54) is 6.07 Å². The number of nitrogens with one attached hydrogen (secondary N) is 1. The molecule has 10 heteroatoms. The third kappa shape index (κ3) is 4.87. The van der Waals surface area contributed by atoms with Crippen molar-refractivity contribution in [2.75, 3.05) is 5.32 Å². The number of aromatic nitrogens is 3. The molecule has 0 spiro atoms. The largest absolute Gasteiger partial charge is 0.322 e. The molecule has 3 aromatic rings. The van der Waals surface area contributed by atoms with E-state index < -0.39 is 10.9 Å². The van der Waals surface area contributed by atoms with Crippen molar-refractivity contribution < 1.29 is 13.7 Å². The standard InChI is InChI=1S/C18H20N6O3S/c1-11-9-15(22-18-20-12(2)19-13(3)21-18)16(10-17(11)28(25,26)27)24-23-14-7-5-4-6-8-14/h4-10,25-27H,1-3H3,(H,19,20,21,22). The van der Waals surface area contributed by atoms with Crippen LogP contribution in [0.1, 0.15) is 17.2 Å². The van der Waals surface area contributed by atoms with Crippen LogP contribution in [0.5, 0.6) is 0 Å². The van der Waals surface area contributed by atoms with Gasteiger partial charge in [0.25, 0.3) is 0 Å². The average molecular weight is 400 g/mol. The molecule has 0 amide bonds. The summed E-state index contributed by atoms with van der Waals surface area (Å²) in [5.41, 5.74) is 1.87. The normalized spacial score (nSPS) is 12.4. The number of aryl methyl sites for hydroxylation is 3. The van der Waals surface area contributed by atoms with Crippen molar-refractivity contribution in [2.45, 2.75) is 25.7 Å². The Bertz CT molecular complexity index is 1000. The Balaban J connectivity index is 2.06. The summed E-state index contributed by atoms with van der Waals surface area (Å²) in [6.45, 7) is 5.16. The average Bonchev–Trinajstić information content (AvgIpc) is 2.60. The van der Waals surface area contributed by atoms with Gasteiger partial charge in [0.1, 0.15) is 28.2 Å². The van der Waals surface area contributed by atoms with Crippen molar-refractivity contribution in [3.63, 3.8) is 0 Å². The van der Waals surface area contributed by atoms with E-state index in [0.717, 1.165) is 0 Å². The molecule has 0 aliphatic heterocycles. The molecule has 0 saturated carbocycles. The molecule has 0 bridgehead atoms. The molecule has 146 valence electrons. The van der Waals surface area contributed by atoms with E-state index in [-0.39, 0.29) is 10.6 Å². The highest BCUT2D eigenvalue weighted by molar-refractivity contribution is 8.19. The summed E-state index contributed by atoms with van der Waals surface area (Å²) in [6, 6.07) is 12.1. The van der Waals surface area contributed by atoms with Crippen LogP contribution < -0.4 is 5.32 Å². The first kappa shape index (κ1) is 19.8. The summed E-state index contributed by atoms with van der Waals surface area (Å²) < 4.78 is 29.1. The van der Waals surface area contributed by atoms with Crippen LogP contribution in [0.15, 0.2) is 57.6 Å². The van der Waals surface area contributed by atoms with Gasteiger partial charge in [-0.05, 0) is 50.6 Å². The zero-order valence-corrected chi connectivity index (χ0v) is 16.3. The molecule has 0 fully saturated rings. The molecule has 9 nitrogen and oxygen atoms in total. The molecule has 0 aliphatic rings. The Morgan fingerprint density at radius 2 is 1.50 bits per heavy atom. The highest BCUT2D eigenvalue weighted by Crippen LogP contribution is 2.48. The van der Waals surface area contributed by atoms with Crippen LogP contribution in [-0.2, 0) is 0 Å². The van der Waals surface area contributed by atoms with Gasteiger partial charge in [-0.3, -0.25) is 0 Å². The number of benzene rings is 2. The molecule has 1 heterocycles. The first-order chi connectivity index (χ1) is 13.2. The molecule has 0 atom stereocenters. The van der Waals surface area contributed by atoms with Gasteiger partial charge in [0, 0.05) is 0 Å². The minimum Gasteiger partial charge on any atom is -0.322 e. The van der Waals surface area contributed by atoms with E-state index in [1.54, 1.807) is 39.0 Å². The van der Waals surface area contributed by atoms with Gasteiger partial charge in [0.15, 0.2) is 0 Å². The molecular formula is C18H20N6O3S. The fraction of sp³-hybridized carbons (Fsp3) is 0.167. The second kappa shape index (κ2) is 7.98. The second-order valence-electron chi connectivity index (χ2n) is 6.07. The van der Waals surface area contributed by atoms with Gasteiger partial charge < -0.3 is 19.0 Å². The maximum absolute atomic E-state index is 9.70. The second-order valence-corrected chi connectivity index (χ2v) is 7.55. The zero-order valence-electron chi connectivity index (χ0n) is 15.5. The maximum atomic E-state index is 9.70. The first-order valence-electron chi connectivity index (χ1n) is 8.31. The van der Waals surface area contributed by atoms with Crippen molar-refractivity contribution in [3.05, 3.63) is 59.7 Å². The molecule has 0 saturated heterocycles. The molecule has 4 N–H and O–H groups in total. The van der Waals surface area contributed by atoms with Crippen molar-refractivity contribution in [2.24, 2.45) is 10.2 Å².